The van der Waals surface area contributed by atoms with E-state index in [1.807, 2.05) is 13.0 Å². The number of aromatic nitrogens is 1. The minimum atomic E-state index is -0.812. The highest BCUT2D eigenvalue weighted by Crippen LogP contribution is 2.26. The van der Waals surface area contributed by atoms with Crippen LogP contribution in [0, 0.1) is 12.7 Å². The molecule has 0 saturated heterocycles. The van der Waals surface area contributed by atoms with Crippen LogP contribution in [-0.4, -0.2) is 10.1 Å². The SMILES string of the molecule is Cc1ccncc1C(O)Cc1c(F)cccc1Cl. The second kappa shape index (κ2) is 5.46. The third-order valence-corrected chi connectivity index (χ3v) is 3.25. The molecule has 1 atom stereocenters. The zero-order valence-corrected chi connectivity index (χ0v) is 10.7. The largest absolute Gasteiger partial charge is 0.388 e. The van der Waals surface area contributed by atoms with Crippen molar-refractivity contribution in [2.24, 2.45) is 0 Å². The van der Waals surface area contributed by atoms with Crippen molar-refractivity contribution >= 4 is 11.6 Å². The number of benzene rings is 1. The third-order valence-electron chi connectivity index (χ3n) is 2.90. The fourth-order valence-corrected chi connectivity index (χ4v) is 2.10. The first kappa shape index (κ1) is 13.0. The van der Waals surface area contributed by atoms with Crippen molar-refractivity contribution < 1.29 is 9.50 Å². The predicted octanol–water partition coefficient (Wildman–Crippen LogP) is 3.46. The number of pyridine rings is 1. The summed E-state index contributed by atoms with van der Waals surface area (Å²) in [6.07, 6.45) is 2.57. The molecule has 0 amide bonds. The van der Waals surface area contributed by atoms with Gasteiger partial charge in [-0.2, -0.15) is 0 Å². The molecule has 94 valence electrons. The summed E-state index contributed by atoms with van der Waals surface area (Å²) in [6, 6.07) is 6.30. The number of hydrogen-bond donors (Lipinski definition) is 1. The van der Waals surface area contributed by atoms with Gasteiger partial charge in [-0.05, 0) is 30.7 Å². The molecular weight excluding hydrogens is 253 g/mol. The lowest BCUT2D eigenvalue weighted by atomic mass is 9.99. The quantitative estimate of drug-likeness (QED) is 0.922. The van der Waals surface area contributed by atoms with Crippen molar-refractivity contribution in [1.29, 1.82) is 0 Å². The standard InChI is InChI=1S/C14H13ClFNO/c1-9-5-6-17-8-11(9)14(18)7-10-12(15)3-2-4-13(10)16/h2-6,8,14,18H,7H2,1H3. The van der Waals surface area contributed by atoms with Crippen LogP contribution in [-0.2, 0) is 6.42 Å². The van der Waals surface area contributed by atoms with Crippen LogP contribution in [0.2, 0.25) is 5.02 Å². The van der Waals surface area contributed by atoms with Gasteiger partial charge in [0, 0.05) is 35.0 Å². The smallest absolute Gasteiger partial charge is 0.127 e. The van der Waals surface area contributed by atoms with Crippen LogP contribution < -0.4 is 0 Å². The summed E-state index contributed by atoms with van der Waals surface area (Å²) in [6.45, 7) is 1.88. The van der Waals surface area contributed by atoms with E-state index in [2.05, 4.69) is 4.98 Å². The first-order valence-corrected chi connectivity index (χ1v) is 5.99. The second-order valence-corrected chi connectivity index (χ2v) is 4.56. The normalized spacial score (nSPS) is 12.4. The van der Waals surface area contributed by atoms with Crippen molar-refractivity contribution in [3.63, 3.8) is 0 Å². The van der Waals surface area contributed by atoms with Gasteiger partial charge in [0.15, 0.2) is 0 Å². The molecule has 0 aliphatic carbocycles. The first-order chi connectivity index (χ1) is 8.59. The van der Waals surface area contributed by atoms with E-state index in [0.717, 1.165) is 5.56 Å². The van der Waals surface area contributed by atoms with Gasteiger partial charge < -0.3 is 5.11 Å². The van der Waals surface area contributed by atoms with E-state index in [0.29, 0.717) is 16.1 Å². The van der Waals surface area contributed by atoms with E-state index in [1.54, 1.807) is 24.5 Å². The van der Waals surface area contributed by atoms with E-state index < -0.39 is 11.9 Å². The molecule has 2 rings (SSSR count). The maximum Gasteiger partial charge on any atom is 0.127 e. The van der Waals surface area contributed by atoms with Gasteiger partial charge in [0.25, 0.3) is 0 Å². The molecule has 18 heavy (non-hydrogen) atoms. The van der Waals surface area contributed by atoms with Crippen LogP contribution in [0.15, 0.2) is 36.7 Å². The Morgan fingerprint density at radius 1 is 1.39 bits per heavy atom. The van der Waals surface area contributed by atoms with Gasteiger partial charge in [-0.15, -0.1) is 0 Å². The van der Waals surface area contributed by atoms with Crippen LogP contribution in [0.3, 0.4) is 0 Å². The number of aliphatic hydroxyl groups excluding tert-OH is 1. The molecule has 2 aromatic rings. The van der Waals surface area contributed by atoms with E-state index in [1.165, 1.54) is 6.07 Å². The van der Waals surface area contributed by atoms with Crippen molar-refractivity contribution in [2.75, 3.05) is 0 Å². The number of nitrogens with zero attached hydrogens (tertiary/aromatic N) is 1. The summed E-state index contributed by atoms with van der Waals surface area (Å²) in [7, 11) is 0. The second-order valence-electron chi connectivity index (χ2n) is 4.15. The average molecular weight is 266 g/mol. The molecule has 0 aliphatic heterocycles. The highest BCUT2D eigenvalue weighted by Gasteiger charge is 2.15. The van der Waals surface area contributed by atoms with E-state index in [9.17, 15) is 9.50 Å². The minimum absolute atomic E-state index is 0.137. The maximum absolute atomic E-state index is 13.6. The summed E-state index contributed by atoms with van der Waals surface area (Å²) >= 11 is 5.93. The summed E-state index contributed by atoms with van der Waals surface area (Å²) in [5.41, 5.74) is 1.94. The van der Waals surface area contributed by atoms with E-state index in [-0.39, 0.29) is 6.42 Å². The number of halogens is 2. The molecule has 0 saturated carbocycles. The van der Waals surface area contributed by atoms with Gasteiger partial charge in [-0.1, -0.05) is 17.7 Å². The number of aryl methyl sites for hydroxylation is 1. The van der Waals surface area contributed by atoms with E-state index >= 15 is 0 Å². The Kier molecular flexibility index (Phi) is 3.94. The van der Waals surface area contributed by atoms with Crippen LogP contribution in [0.5, 0.6) is 0 Å². The minimum Gasteiger partial charge on any atom is -0.388 e. The zero-order chi connectivity index (χ0) is 13.1. The van der Waals surface area contributed by atoms with Crippen LogP contribution in [0.4, 0.5) is 4.39 Å². The Morgan fingerprint density at radius 3 is 2.83 bits per heavy atom. The predicted molar refractivity (Wildman–Crippen MR) is 69.0 cm³/mol. The average Bonchev–Trinajstić information content (AvgIpc) is 2.34. The topological polar surface area (TPSA) is 33.1 Å². The molecular formula is C14H13ClFNO. The van der Waals surface area contributed by atoms with Crippen LogP contribution >= 0.6 is 11.6 Å². The fourth-order valence-electron chi connectivity index (χ4n) is 1.86. The summed E-state index contributed by atoms with van der Waals surface area (Å²) in [4.78, 5) is 3.97. The molecule has 2 nitrogen and oxygen atoms in total. The molecule has 1 aromatic carbocycles. The molecule has 1 aromatic heterocycles. The number of rotatable bonds is 3. The molecule has 0 aliphatic rings. The lowest BCUT2D eigenvalue weighted by Crippen LogP contribution is -2.06. The molecule has 0 bridgehead atoms. The van der Waals surface area contributed by atoms with Gasteiger partial charge in [0.05, 0.1) is 6.10 Å². The van der Waals surface area contributed by atoms with Gasteiger partial charge >= 0.3 is 0 Å². The Hall–Kier alpha value is -1.45. The third kappa shape index (κ3) is 2.68. The lowest BCUT2D eigenvalue weighted by Gasteiger charge is -2.14. The van der Waals surface area contributed by atoms with Gasteiger partial charge in [-0.25, -0.2) is 4.39 Å². The first-order valence-electron chi connectivity index (χ1n) is 5.61. The monoisotopic (exact) mass is 265 g/mol. The molecule has 0 fully saturated rings. The number of aliphatic hydroxyl groups is 1. The zero-order valence-electron chi connectivity index (χ0n) is 9.90. The van der Waals surface area contributed by atoms with Gasteiger partial charge in [-0.3, -0.25) is 4.98 Å². The lowest BCUT2D eigenvalue weighted by molar-refractivity contribution is 0.176. The Labute approximate surface area is 110 Å². The Morgan fingerprint density at radius 2 is 2.17 bits per heavy atom. The van der Waals surface area contributed by atoms with Crippen LogP contribution in [0.1, 0.15) is 22.8 Å². The molecule has 1 N–H and O–H groups in total. The molecule has 0 radical (unpaired) electrons. The van der Waals surface area contributed by atoms with Crippen molar-refractivity contribution in [3.05, 3.63) is 64.2 Å². The molecule has 4 heteroatoms. The van der Waals surface area contributed by atoms with Crippen molar-refractivity contribution in [2.45, 2.75) is 19.4 Å². The maximum atomic E-state index is 13.6. The van der Waals surface area contributed by atoms with Crippen molar-refractivity contribution in [3.8, 4) is 0 Å². The highest BCUT2D eigenvalue weighted by molar-refractivity contribution is 6.31. The van der Waals surface area contributed by atoms with Crippen molar-refractivity contribution in [1.82, 2.24) is 4.98 Å². The fraction of sp³-hybridized carbons (Fsp3) is 0.214. The Bertz CT molecular complexity index is 539. The highest BCUT2D eigenvalue weighted by atomic mass is 35.5. The van der Waals surface area contributed by atoms with Gasteiger partial charge in [0.1, 0.15) is 5.82 Å². The summed E-state index contributed by atoms with van der Waals surface area (Å²) < 4.78 is 13.6. The molecule has 1 heterocycles. The van der Waals surface area contributed by atoms with E-state index in [4.69, 9.17) is 11.6 Å². The number of hydrogen-bond acceptors (Lipinski definition) is 2. The van der Waals surface area contributed by atoms with Crippen LogP contribution in [0.25, 0.3) is 0 Å². The Balaban J connectivity index is 2.27. The summed E-state index contributed by atoms with van der Waals surface area (Å²) in [5.74, 6) is -0.400. The summed E-state index contributed by atoms with van der Waals surface area (Å²) in [5, 5.41) is 10.5. The molecule has 0 spiro atoms. The molecule has 1 unspecified atom stereocenters. The van der Waals surface area contributed by atoms with Gasteiger partial charge in [0.2, 0.25) is 0 Å².